The van der Waals surface area contributed by atoms with Gasteiger partial charge >= 0.3 is 0 Å². The van der Waals surface area contributed by atoms with Crippen LogP contribution in [0, 0.1) is 0 Å². The van der Waals surface area contributed by atoms with Gasteiger partial charge < -0.3 is 9.80 Å². The maximum atomic E-state index is 2.55. The molecule has 2 aliphatic rings. The first-order chi connectivity index (χ1) is 31.0. The van der Waals surface area contributed by atoms with E-state index in [-0.39, 0.29) is 0 Å². The Hall–Kier alpha value is -5.60. The van der Waals surface area contributed by atoms with Crippen LogP contribution in [0.2, 0.25) is 0 Å². The third-order valence-electron chi connectivity index (χ3n) is 15.2. The average molecular weight is 841 g/mol. The van der Waals surface area contributed by atoms with E-state index in [1.54, 1.807) is 0 Å². The van der Waals surface area contributed by atoms with Crippen LogP contribution in [-0.4, -0.2) is 0 Å². The summed E-state index contributed by atoms with van der Waals surface area (Å²) < 4.78 is 0. The van der Waals surface area contributed by atoms with Gasteiger partial charge in [0.1, 0.15) is 0 Å². The monoisotopic (exact) mass is 841 g/mol. The molecule has 0 aliphatic heterocycles. The summed E-state index contributed by atoms with van der Waals surface area (Å²) >= 11 is 0. The van der Waals surface area contributed by atoms with Crippen LogP contribution in [0.25, 0.3) is 32.3 Å². The normalized spacial score (nSPS) is 15.1. The molecule has 0 unspecified atom stereocenters. The fourth-order valence-corrected chi connectivity index (χ4v) is 11.5. The fraction of sp³-hybridized carbons (Fsp3) is 0.355. The predicted octanol–water partition coefficient (Wildman–Crippen LogP) is 19.3. The van der Waals surface area contributed by atoms with Crippen LogP contribution < -0.4 is 9.80 Å². The van der Waals surface area contributed by atoms with Crippen LogP contribution >= 0.6 is 0 Å². The lowest BCUT2D eigenvalue weighted by molar-refractivity contribution is 0.723. The van der Waals surface area contributed by atoms with Crippen molar-refractivity contribution in [3.8, 4) is 0 Å². The highest BCUT2D eigenvalue weighted by Gasteiger charge is 2.27. The van der Waals surface area contributed by atoms with Gasteiger partial charge in [-0.05, 0) is 177 Å². The van der Waals surface area contributed by atoms with Gasteiger partial charge in [-0.1, -0.05) is 154 Å². The Morgan fingerprint density at radius 3 is 0.938 bits per heavy atom. The van der Waals surface area contributed by atoms with E-state index >= 15 is 0 Å². The lowest BCUT2D eigenvalue weighted by Crippen LogP contribution is -2.13. The number of rotatable bonds is 12. The first-order valence-electron chi connectivity index (χ1n) is 24.8. The molecule has 0 saturated heterocycles. The van der Waals surface area contributed by atoms with E-state index in [0.29, 0.717) is 35.5 Å². The minimum atomic E-state index is 0.330. The molecule has 0 spiro atoms. The van der Waals surface area contributed by atoms with Crippen LogP contribution in [0.5, 0.6) is 0 Å². The summed E-state index contributed by atoms with van der Waals surface area (Å²) in [5.74, 6) is 2.96. The second-order valence-corrected chi connectivity index (χ2v) is 20.7. The fourth-order valence-electron chi connectivity index (χ4n) is 11.5. The standard InChI is InChI=1S/C62H68N2/c1-39(2)43-17-25-49(26-18-43)63(51-29-21-47(22-30-51)45-13-9-10-14-45)59-37-57(41(5)6)53-34-36-56-60(38-58(42(7)8)54-33-35-55(59)61(53)62(54)56)64(50-27-19-44(20-28-50)40(3)4)52-31-23-48(24-32-52)46-15-11-12-16-46/h17-42,45-46H,9-16H2,1-8H3. The smallest absolute Gasteiger partial charge is 0.0543 e. The minimum Gasteiger partial charge on any atom is -0.310 e. The summed E-state index contributed by atoms with van der Waals surface area (Å²) in [6, 6.07) is 52.8. The van der Waals surface area contributed by atoms with Crippen molar-refractivity contribution in [3.63, 3.8) is 0 Å². The molecule has 0 amide bonds. The van der Waals surface area contributed by atoms with Gasteiger partial charge in [0.25, 0.3) is 0 Å². The van der Waals surface area contributed by atoms with Crippen LogP contribution in [0.15, 0.2) is 133 Å². The van der Waals surface area contributed by atoms with Crippen LogP contribution in [0.4, 0.5) is 34.1 Å². The highest BCUT2D eigenvalue weighted by Crippen LogP contribution is 2.51. The Labute approximate surface area is 383 Å². The lowest BCUT2D eigenvalue weighted by atomic mass is 9.84. The van der Waals surface area contributed by atoms with Crippen LogP contribution in [-0.2, 0) is 0 Å². The van der Waals surface area contributed by atoms with Gasteiger partial charge in [0.2, 0.25) is 0 Å². The topological polar surface area (TPSA) is 6.48 Å². The zero-order valence-electron chi connectivity index (χ0n) is 39.7. The first kappa shape index (κ1) is 42.4. The highest BCUT2D eigenvalue weighted by atomic mass is 15.1. The Kier molecular flexibility index (Phi) is 11.5. The molecular formula is C62H68N2. The second-order valence-electron chi connectivity index (χ2n) is 20.7. The second kappa shape index (κ2) is 17.4. The van der Waals surface area contributed by atoms with E-state index in [4.69, 9.17) is 0 Å². The van der Waals surface area contributed by atoms with Gasteiger partial charge in [0.05, 0.1) is 11.4 Å². The molecule has 0 N–H and O–H groups in total. The van der Waals surface area contributed by atoms with Crippen molar-refractivity contribution in [2.24, 2.45) is 0 Å². The maximum absolute atomic E-state index is 2.55. The number of hydrogen-bond acceptors (Lipinski definition) is 2. The molecule has 10 rings (SSSR count). The summed E-state index contributed by atoms with van der Waals surface area (Å²) in [4.78, 5) is 5.11. The first-order valence-corrected chi connectivity index (χ1v) is 24.8. The summed E-state index contributed by atoms with van der Waals surface area (Å²) in [6.45, 7) is 18.6. The van der Waals surface area contributed by atoms with Crippen molar-refractivity contribution in [3.05, 3.63) is 167 Å². The molecule has 2 saturated carbocycles. The van der Waals surface area contributed by atoms with Gasteiger partial charge in [-0.25, -0.2) is 0 Å². The van der Waals surface area contributed by atoms with Crippen molar-refractivity contribution >= 4 is 66.4 Å². The van der Waals surface area contributed by atoms with E-state index in [1.807, 2.05) is 0 Å². The van der Waals surface area contributed by atoms with E-state index < -0.39 is 0 Å². The molecule has 0 heterocycles. The van der Waals surface area contributed by atoms with Gasteiger partial charge in [0.15, 0.2) is 0 Å². The number of nitrogens with zero attached hydrogens (tertiary/aromatic N) is 2. The predicted molar refractivity (Wildman–Crippen MR) is 278 cm³/mol. The molecule has 326 valence electrons. The molecule has 64 heavy (non-hydrogen) atoms. The van der Waals surface area contributed by atoms with E-state index in [9.17, 15) is 0 Å². The van der Waals surface area contributed by atoms with Gasteiger partial charge in [0, 0.05) is 33.5 Å². The van der Waals surface area contributed by atoms with Crippen LogP contribution in [0.3, 0.4) is 0 Å². The molecule has 2 fully saturated rings. The molecule has 0 radical (unpaired) electrons. The lowest BCUT2D eigenvalue weighted by Gasteiger charge is -2.32. The van der Waals surface area contributed by atoms with Gasteiger partial charge in [-0.15, -0.1) is 0 Å². The largest absolute Gasteiger partial charge is 0.310 e. The molecule has 0 atom stereocenters. The number of hydrogen-bond donors (Lipinski definition) is 0. The van der Waals surface area contributed by atoms with Crippen molar-refractivity contribution in [2.45, 2.75) is 142 Å². The zero-order valence-corrected chi connectivity index (χ0v) is 39.7. The van der Waals surface area contributed by atoms with Gasteiger partial charge in [-0.2, -0.15) is 0 Å². The summed E-state index contributed by atoms with van der Waals surface area (Å²) in [5.41, 5.74) is 15.8. The SMILES string of the molecule is CC(C)c1ccc(N(c2ccc(C3CCCC3)cc2)c2cc(C(C)C)c3ccc4c(N(c5ccc(C(C)C)cc5)c5ccc(C6CCCC6)cc5)cc(C(C)C)c5ccc2c3c54)cc1. The van der Waals surface area contributed by atoms with Crippen LogP contribution in [0.1, 0.15) is 176 Å². The zero-order chi connectivity index (χ0) is 44.2. The Morgan fingerprint density at radius 2 is 0.641 bits per heavy atom. The van der Waals surface area contributed by atoms with Crippen molar-refractivity contribution in [1.82, 2.24) is 0 Å². The molecular weight excluding hydrogens is 773 g/mol. The molecule has 2 aliphatic carbocycles. The third-order valence-corrected chi connectivity index (χ3v) is 15.2. The molecule has 2 nitrogen and oxygen atoms in total. The highest BCUT2D eigenvalue weighted by molar-refractivity contribution is 6.29. The number of benzene rings is 8. The molecule has 2 heteroatoms. The van der Waals surface area contributed by atoms with E-state index in [0.717, 1.165) is 0 Å². The third kappa shape index (κ3) is 7.65. The number of anilines is 6. The molecule has 8 aromatic carbocycles. The van der Waals surface area contributed by atoms with E-state index in [2.05, 4.69) is 199 Å². The Balaban J connectivity index is 1.24. The summed E-state index contributed by atoms with van der Waals surface area (Å²) in [6.07, 6.45) is 10.6. The quantitative estimate of drug-likeness (QED) is 0.113. The minimum absolute atomic E-state index is 0.330. The summed E-state index contributed by atoms with van der Waals surface area (Å²) in [7, 11) is 0. The van der Waals surface area contributed by atoms with Crippen molar-refractivity contribution < 1.29 is 0 Å². The Morgan fingerprint density at radius 1 is 0.344 bits per heavy atom. The summed E-state index contributed by atoms with van der Waals surface area (Å²) in [5, 5.41) is 8.06. The van der Waals surface area contributed by atoms with E-state index in [1.165, 1.54) is 151 Å². The maximum Gasteiger partial charge on any atom is 0.0543 e. The van der Waals surface area contributed by atoms with Gasteiger partial charge in [-0.3, -0.25) is 0 Å². The molecule has 8 aromatic rings. The van der Waals surface area contributed by atoms with Crippen molar-refractivity contribution in [2.75, 3.05) is 9.80 Å². The average Bonchev–Trinajstić information content (AvgIpc) is 4.06. The molecule has 0 aromatic heterocycles. The van der Waals surface area contributed by atoms with Crippen molar-refractivity contribution in [1.29, 1.82) is 0 Å². The molecule has 0 bridgehead atoms. The Bertz CT molecular complexity index is 2670.